The number of hydrogen-bond acceptors (Lipinski definition) is 6. The summed E-state index contributed by atoms with van der Waals surface area (Å²) in [6, 6.07) is 6.79. The van der Waals surface area contributed by atoms with Crippen LogP contribution in [0.15, 0.2) is 47.4 Å². The highest BCUT2D eigenvalue weighted by Crippen LogP contribution is 2.36. The Morgan fingerprint density at radius 2 is 1.74 bits per heavy atom. The van der Waals surface area contributed by atoms with Crippen molar-refractivity contribution in [3.8, 4) is 16.9 Å². The summed E-state index contributed by atoms with van der Waals surface area (Å²) < 4.78 is 81.1. The number of anilines is 1. The van der Waals surface area contributed by atoms with Crippen LogP contribution in [0, 0.1) is 17.5 Å². The minimum Gasteiger partial charge on any atom is -0.494 e. The van der Waals surface area contributed by atoms with Gasteiger partial charge in [-0.05, 0) is 47.9 Å². The number of halogens is 4. The van der Waals surface area contributed by atoms with E-state index in [0.29, 0.717) is 11.6 Å². The molecule has 0 atom stereocenters. The van der Waals surface area contributed by atoms with Gasteiger partial charge in [0.2, 0.25) is 0 Å². The molecular weight excluding hydrogens is 511 g/mol. The lowest BCUT2D eigenvalue weighted by atomic mass is 9.96. The number of aliphatic hydroxyl groups excluding tert-OH is 1. The van der Waals surface area contributed by atoms with E-state index in [4.69, 9.17) is 16.3 Å². The van der Waals surface area contributed by atoms with Crippen molar-refractivity contribution in [1.82, 2.24) is 0 Å². The van der Waals surface area contributed by atoms with Crippen molar-refractivity contribution in [2.45, 2.75) is 11.3 Å². The summed E-state index contributed by atoms with van der Waals surface area (Å²) in [7, 11) is -2.43. The number of hydrogen-bond donors (Lipinski definition) is 2. The van der Waals surface area contributed by atoms with E-state index in [2.05, 4.69) is 4.74 Å². The molecule has 0 saturated heterocycles. The monoisotopic (exact) mass is 529 g/mol. The molecule has 0 amide bonds. The Hall–Kier alpha value is -3.28. The smallest absolute Gasteiger partial charge is 0.337 e. The number of nitrogens with one attached hydrogen (secondary N) is 1. The van der Waals surface area contributed by atoms with Crippen LogP contribution in [0.2, 0.25) is 5.02 Å². The minimum atomic E-state index is -4.65. The predicted molar refractivity (Wildman–Crippen MR) is 123 cm³/mol. The van der Waals surface area contributed by atoms with E-state index in [9.17, 15) is 31.5 Å². The fourth-order valence-electron chi connectivity index (χ4n) is 3.37. The number of aliphatic hydroxyl groups is 1. The molecule has 3 aromatic rings. The molecule has 0 radical (unpaired) electrons. The molecule has 0 aliphatic rings. The highest BCUT2D eigenvalue weighted by Gasteiger charge is 2.27. The standard InChI is InChI=1S/C23H19ClF3NO6S/c1-33-22-17(24)7-13(23(30)34-2)8-21(22)35(31,32)28-20-10-16(18(26)11-19(20)27)15-9-14(25)4-3-12(15)5-6-29/h3-4,7-11,28-29H,5-6H2,1-2H3. The maximum absolute atomic E-state index is 14.7. The number of ether oxygens (including phenoxy) is 2. The molecule has 3 aromatic carbocycles. The number of carbonyl (C=O) groups excluding carboxylic acids is 1. The van der Waals surface area contributed by atoms with Crippen molar-refractivity contribution in [3.05, 3.63) is 76.1 Å². The number of carbonyl (C=O) groups is 1. The van der Waals surface area contributed by atoms with Crippen molar-refractivity contribution in [2.24, 2.45) is 0 Å². The number of esters is 1. The lowest BCUT2D eigenvalue weighted by molar-refractivity contribution is 0.0600. The molecule has 0 fully saturated rings. The van der Waals surface area contributed by atoms with Gasteiger partial charge in [-0.25, -0.2) is 26.4 Å². The minimum absolute atomic E-state index is 0.00492. The van der Waals surface area contributed by atoms with Crippen LogP contribution in [-0.4, -0.2) is 40.3 Å². The van der Waals surface area contributed by atoms with Crippen LogP contribution < -0.4 is 9.46 Å². The molecule has 0 spiro atoms. The zero-order chi connectivity index (χ0) is 25.9. The topological polar surface area (TPSA) is 102 Å². The van der Waals surface area contributed by atoms with E-state index >= 15 is 0 Å². The second-order valence-electron chi connectivity index (χ2n) is 7.17. The summed E-state index contributed by atoms with van der Waals surface area (Å²) in [4.78, 5) is 11.3. The fraction of sp³-hybridized carbons (Fsp3) is 0.174. The summed E-state index contributed by atoms with van der Waals surface area (Å²) in [5.41, 5.74) is -0.826. The molecule has 0 bridgehead atoms. The Morgan fingerprint density at radius 1 is 1.03 bits per heavy atom. The van der Waals surface area contributed by atoms with Crippen molar-refractivity contribution < 1.29 is 41.0 Å². The molecule has 0 aliphatic heterocycles. The normalized spacial score (nSPS) is 11.3. The van der Waals surface area contributed by atoms with E-state index in [1.165, 1.54) is 6.07 Å². The zero-order valence-electron chi connectivity index (χ0n) is 18.4. The first-order chi connectivity index (χ1) is 16.5. The van der Waals surface area contributed by atoms with Crippen LogP contribution in [0.3, 0.4) is 0 Å². The Balaban J connectivity index is 2.15. The van der Waals surface area contributed by atoms with Crippen molar-refractivity contribution >= 4 is 33.3 Å². The molecule has 186 valence electrons. The van der Waals surface area contributed by atoms with E-state index in [1.54, 1.807) is 0 Å². The Kier molecular flexibility index (Phi) is 7.93. The van der Waals surface area contributed by atoms with Gasteiger partial charge in [0.15, 0.2) is 5.75 Å². The summed E-state index contributed by atoms with van der Waals surface area (Å²) in [6.45, 7) is -0.321. The van der Waals surface area contributed by atoms with Gasteiger partial charge in [0.05, 0.1) is 30.5 Å². The van der Waals surface area contributed by atoms with E-state index in [1.807, 2.05) is 4.72 Å². The third-order valence-electron chi connectivity index (χ3n) is 4.97. The number of rotatable bonds is 8. The SMILES string of the molecule is COC(=O)c1cc(Cl)c(OC)c(S(=O)(=O)Nc2cc(-c3cc(F)ccc3CCO)c(F)cc2F)c1. The van der Waals surface area contributed by atoms with Crippen LogP contribution in [0.1, 0.15) is 15.9 Å². The Morgan fingerprint density at radius 3 is 2.37 bits per heavy atom. The summed E-state index contributed by atoms with van der Waals surface area (Å²) in [6.07, 6.45) is 0.0451. The van der Waals surface area contributed by atoms with E-state index in [0.717, 1.165) is 44.6 Å². The predicted octanol–water partition coefficient (Wildman–Crippen LogP) is 4.56. The molecule has 0 aromatic heterocycles. The largest absolute Gasteiger partial charge is 0.494 e. The lowest BCUT2D eigenvalue weighted by Gasteiger charge is -2.16. The van der Waals surface area contributed by atoms with Gasteiger partial charge in [0.25, 0.3) is 10.0 Å². The van der Waals surface area contributed by atoms with Crippen LogP contribution in [0.4, 0.5) is 18.9 Å². The summed E-state index contributed by atoms with van der Waals surface area (Å²) in [5, 5.41) is 9.03. The van der Waals surface area contributed by atoms with Gasteiger partial charge in [-0.1, -0.05) is 17.7 Å². The molecular formula is C23H19ClF3NO6S. The van der Waals surface area contributed by atoms with Gasteiger partial charge in [-0.15, -0.1) is 0 Å². The lowest BCUT2D eigenvalue weighted by Crippen LogP contribution is -2.17. The summed E-state index contributed by atoms with van der Waals surface area (Å²) in [5.74, 6) is -4.27. The first-order valence-electron chi connectivity index (χ1n) is 9.89. The first-order valence-corrected chi connectivity index (χ1v) is 11.8. The molecule has 0 aliphatic carbocycles. The van der Waals surface area contributed by atoms with Gasteiger partial charge in [0, 0.05) is 18.2 Å². The molecule has 0 unspecified atom stereocenters. The van der Waals surface area contributed by atoms with Crippen molar-refractivity contribution in [3.63, 3.8) is 0 Å². The molecule has 0 heterocycles. The molecule has 0 saturated carbocycles. The van der Waals surface area contributed by atoms with Crippen LogP contribution >= 0.6 is 11.6 Å². The average molecular weight is 530 g/mol. The first kappa shape index (κ1) is 26.3. The van der Waals surface area contributed by atoms with Crippen LogP contribution in [0.5, 0.6) is 5.75 Å². The fourth-order valence-corrected chi connectivity index (χ4v) is 5.00. The van der Waals surface area contributed by atoms with Gasteiger partial charge in [0.1, 0.15) is 22.3 Å². The molecule has 12 heteroatoms. The highest BCUT2D eigenvalue weighted by molar-refractivity contribution is 7.92. The van der Waals surface area contributed by atoms with Gasteiger partial charge >= 0.3 is 5.97 Å². The quantitative estimate of drug-likeness (QED) is 0.415. The van der Waals surface area contributed by atoms with E-state index in [-0.39, 0.29) is 40.5 Å². The second kappa shape index (κ2) is 10.5. The van der Waals surface area contributed by atoms with Gasteiger partial charge in [-0.3, -0.25) is 4.72 Å². The third-order valence-corrected chi connectivity index (χ3v) is 6.62. The third kappa shape index (κ3) is 5.53. The van der Waals surface area contributed by atoms with Crippen molar-refractivity contribution in [1.29, 1.82) is 0 Å². The van der Waals surface area contributed by atoms with E-state index < -0.39 is 44.0 Å². The second-order valence-corrected chi connectivity index (χ2v) is 9.23. The number of benzene rings is 3. The zero-order valence-corrected chi connectivity index (χ0v) is 19.9. The molecule has 2 N–H and O–H groups in total. The molecule has 3 rings (SSSR count). The number of methoxy groups -OCH3 is 2. The van der Waals surface area contributed by atoms with Crippen molar-refractivity contribution in [2.75, 3.05) is 25.5 Å². The number of sulfonamides is 1. The molecule has 7 nitrogen and oxygen atoms in total. The summed E-state index contributed by atoms with van der Waals surface area (Å²) >= 11 is 6.06. The maximum atomic E-state index is 14.7. The maximum Gasteiger partial charge on any atom is 0.337 e. The average Bonchev–Trinajstić information content (AvgIpc) is 2.81. The Labute approximate surface area is 204 Å². The Bertz CT molecular complexity index is 1400. The molecule has 35 heavy (non-hydrogen) atoms. The van der Waals surface area contributed by atoms with Crippen LogP contribution in [-0.2, 0) is 21.2 Å². The van der Waals surface area contributed by atoms with Gasteiger partial charge < -0.3 is 14.6 Å². The van der Waals surface area contributed by atoms with Gasteiger partial charge in [-0.2, -0.15) is 0 Å². The van der Waals surface area contributed by atoms with Crippen LogP contribution in [0.25, 0.3) is 11.1 Å². The highest BCUT2D eigenvalue weighted by atomic mass is 35.5.